The molecule has 0 saturated heterocycles. The van der Waals surface area contributed by atoms with Gasteiger partial charge in [0.2, 0.25) is 5.91 Å². The van der Waals surface area contributed by atoms with Gasteiger partial charge < -0.3 is 15.2 Å². The number of hydrogen-bond acceptors (Lipinski definition) is 3. The summed E-state index contributed by atoms with van der Waals surface area (Å²) in [7, 11) is 0. The molecule has 1 aromatic carbocycles. The van der Waals surface area contributed by atoms with Crippen LogP contribution in [0.4, 0.5) is 4.39 Å². The van der Waals surface area contributed by atoms with Gasteiger partial charge in [-0.2, -0.15) is 0 Å². The van der Waals surface area contributed by atoms with Crippen LogP contribution in [-0.2, 0) is 9.59 Å². The van der Waals surface area contributed by atoms with Crippen molar-refractivity contribution in [3.8, 4) is 5.75 Å². The number of amides is 1. The Hall–Kier alpha value is -2.11. The summed E-state index contributed by atoms with van der Waals surface area (Å²) in [5.41, 5.74) is -1.07. The number of carbonyl (C=O) groups excluding carboxylic acids is 1. The lowest BCUT2D eigenvalue weighted by atomic mass is 9.53. The van der Waals surface area contributed by atoms with Gasteiger partial charge in [-0.1, -0.05) is 12.1 Å². The minimum Gasteiger partial charge on any atom is -0.486 e. The number of fused-ring (bicyclic) bond motifs is 3. The predicted molar refractivity (Wildman–Crippen MR) is 89.7 cm³/mol. The van der Waals surface area contributed by atoms with Crippen molar-refractivity contribution in [2.75, 3.05) is 6.54 Å². The van der Waals surface area contributed by atoms with Crippen LogP contribution in [0.5, 0.6) is 5.75 Å². The summed E-state index contributed by atoms with van der Waals surface area (Å²) in [4.78, 5) is 24.2. The maximum absolute atomic E-state index is 13.6. The number of benzene rings is 1. The van der Waals surface area contributed by atoms with Crippen LogP contribution < -0.4 is 10.1 Å². The number of carbonyl (C=O) groups is 2. The van der Waals surface area contributed by atoms with E-state index in [2.05, 4.69) is 5.32 Å². The average Bonchev–Trinajstić information content (AvgIpc) is 2.63. The molecule has 2 N–H and O–H groups in total. The van der Waals surface area contributed by atoms with Crippen LogP contribution in [0.15, 0.2) is 24.3 Å². The largest absolute Gasteiger partial charge is 0.486 e. The Morgan fingerprint density at radius 2 is 1.72 bits per heavy atom. The molecule has 5 nitrogen and oxygen atoms in total. The van der Waals surface area contributed by atoms with E-state index >= 15 is 0 Å². The summed E-state index contributed by atoms with van der Waals surface area (Å²) in [5.74, 6) is -1.02. The lowest BCUT2D eigenvalue weighted by Gasteiger charge is -2.50. The summed E-state index contributed by atoms with van der Waals surface area (Å²) in [6.07, 6.45) is 3.20. The van der Waals surface area contributed by atoms with Crippen LogP contribution in [0.1, 0.15) is 45.4 Å². The highest BCUT2D eigenvalue weighted by atomic mass is 19.1. The molecule has 3 aliphatic carbocycles. The highest BCUT2D eigenvalue weighted by molar-refractivity contribution is 5.84. The Morgan fingerprint density at radius 3 is 2.28 bits per heavy atom. The van der Waals surface area contributed by atoms with E-state index in [9.17, 15) is 19.1 Å². The fourth-order valence-corrected chi connectivity index (χ4v) is 4.07. The zero-order valence-electron chi connectivity index (χ0n) is 14.4. The third-order valence-electron chi connectivity index (χ3n) is 5.90. The van der Waals surface area contributed by atoms with Gasteiger partial charge in [0, 0.05) is 5.41 Å². The summed E-state index contributed by atoms with van der Waals surface area (Å²) in [5, 5.41) is 12.3. The van der Waals surface area contributed by atoms with Gasteiger partial charge in [-0.15, -0.1) is 0 Å². The van der Waals surface area contributed by atoms with E-state index in [4.69, 9.17) is 4.74 Å². The molecule has 3 aliphatic rings. The average molecular weight is 349 g/mol. The molecule has 0 radical (unpaired) electrons. The van der Waals surface area contributed by atoms with Crippen LogP contribution in [0.3, 0.4) is 0 Å². The smallest absolute Gasteiger partial charge is 0.309 e. The second kappa shape index (κ2) is 6.65. The minimum absolute atomic E-state index is 0.0322. The molecule has 0 spiro atoms. The Morgan fingerprint density at radius 1 is 1.16 bits per heavy atom. The maximum Gasteiger partial charge on any atom is 0.309 e. The van der Waals surface area contributed by atoms with Crippen LogP contribution in [0, 0.1) is 16.6 Å². The fraction of sp³-hybridized carbons (Fsp3) is 0.579. The Bertz CT molecular complexity index is 651. The first-order chi connectivity index (χ1) is 11.9. The standard InChI is InChI=1S/C19H24FNO4/c1-13(25-15-5-3-2-4-14(15)20)12-21-16(22)18-6-9-19(10-7-18,11-8-18)17(23)24/h2-5,13H,6-12H2,1H3,(H,21,22)(H,23,24). The second-order valence-electron chi connectivity index (χ2n) is 7.43. The summed E-state index contributed by atoms with van der Waals surface area (Å²) in [6, 6.07) is 6.18. The molecule has 3 saturated carbocycles. The molecule has 1 aromatic rings. The lowest BCUT2D eigenvalue weighted by molar-refractivity contribution is -0.163. The Labute approximate surface area is 146 Å². The van der Waals surface area contributed by atoms with Gasteiger partial charge in [-0.25, -0.2) is 4.39 Å². The van der Waals surface area contributed by atoms with Gasteiger partial charge in [0.25, 0.3) is 0 Å². The van der Waals surface area contributed by atoms with Gasteiger partial charge in [-0.05, 0) is 57.6 Å². The number of hydrogen-bond donors (Lipinski definition) is 2. The molecule has 0 aliphatic heterocycles. The third kappa shape index (κ3) is 3.34. The number of carboxylic acid groups (broad SMARTS) is 1. The molecule has 3 fully saturated rings. The van der Waals surface area contributed by atoms with Crippen molar-refractivity contribution in [3.63, 3.8) is 0 Å². The molecule has 0 aromatic heterocycles. The Kier molecular flexibility index (Phi) is 4.71. The molecule has 4 rings (SSSR count). The first-order valence-electron chi connectivity index (χ1n) is 8.80. The predicted octanol–water partition coefficient (Wildman–Crippen LogP) is 3.13. The molecule has 1 atom stereocenters. The van der Waals surface area contributed by atoms with Gasteiger partial charge in [0.15, 0.2) is 11.6 Å². The molecular weight excluding hydrogens is 325 g/mol. The molecule has 1 amide bonds. The third-order valence-corrected chi connectivity index (χ3v) is 5.90. The van der Waals surface area contributed by atoms with Crippen molar-refractivity contribution in [2.24, 2.45) is 10.8 Å². The van der Waals surface area contributed by atoms with Crippen LogP contribution >= 0.6 is 0 Å². The van der Waals surface area contributed by atoms with Crippen LogP contribution in [0.25, 0.3) is 0 Å². The van der Waals surface area contributed by atoms with Gasteiger partial charge in [0.05, 0.1) is 12.0 Å². The number of para-hydroxylation sites is 1. The monoisotopic (exact) mass is 349 g/mol. The van der Waals surface area contributed by atoms with Gasteiger partial charge in [0.1, 0.15) is 6.10 Å². The second-order valence-corrected chi connectivity index (χ2v) is 7.43. The highest BCUT2D eigenvalue weighted by Gasteiger charge is 2.55. The van der Waals surface area contributed by atoms with Crippen molar-refractivity contribution in [2.45, 2.75) is 51.6 Å². The quantitative estimate of drug-likeness (QED) is 0.827. The number of ether oxygens (including phenoxy) is 1. The minimum atomic E-state index is -0.729. The number of aliphatic carboxylic acids is 1. The Balaban J connectivity index is 1.53. The number of rotatable bonds is 6. The molecule has 6 heteroatoms. The van der Waals surface area contributed by atoms with E-state index in [0.29, 0.717) is 45.1 Å². The molecule has 2 bridgehead atoms. The SMILES string of the molecule is CC(CNC(=O)C12CCC(C(=O)O)(CC1)CC2)Oc1ccccc1F. The van der Waals surface area contributed by atoms with E-state index in [1.807, 2.05) is 0 Å². The summed E-state index contributed by atoms with van der Waals surface area (Å²) < 4.78 is 19.1. The highest BCUT2D eigenvalue weighted by Crippen LogP contribution is 2.57. The summed E-state index contributed by atoms with van der Waals surface area (Å²) >= 11 is 0. The first-order valence-corrected chi connectivity index (χ1v) is 8.80. The van der Waals surface area contributed by atoms with Gasteiger partial charge in [-0.3, -0.25) is 9.59 Å². The van der Waals surface area contributed by atoms with E-state index in [0.717, 1.165) is 0 Å². The van der Waals surface area contributed by atoms with E-state index < -0.39 is 22.6 Å². The number of nitrogens with one attached hydrogen (secondary N) is 1. The topological polar surface area (TPSA) is 75.6 Å². The maximum atomic E-state index is 13.6. The van der Waals surface area contributed by atoms with Crippen LogP contribution in [0.2, 0.25) is 0 Å². The van der Waals surface area contributed by atoms with E-state index in [1.165, 1.54) is 6.07 Å². The van der Waals surface area contributed by atoms with Crippen LogP contribution in [-0.4, -0.2) is 29.6 Å². The number of halogens is 1. The van der Waals surface area contributed by atoms with Crippen molar-refractivity contribution >= 4 is 11.9 Å². The van der Waals surface area contributed by atoms with Crippen molar-refractivity contribution in [3.05, 3.63) is 30.1 Å². The number of carboxylic acids is 1. The normalized spacial score (nSPS) is 29.0. The zero-order chi connectivity index (χ0) is 18.1. The van der Waals surface area contributed by atoms with E-state index in [1.54, 1.807) is 25.1 Å². The zero-order valence-corrected chi connectivity index (χ0v) is 14.4. The lowest BCUT2D eigenvalue weighted by Crippen LogP contribution is -2.53. The molecule has 1 unspecified atom stereocenters. The van der Waals surface area contributed by atoms with Crippen molar-refractivity contribution in [1.29, 1.82) is 0 Å². The first kappa shape index (κ1) is 17.7. The van der Waals surface area contributed by atoms with E-state index in [-0.39, 0.29) is 17.8 Å². The van der Waals surface area contributed by atoms with Crippen molar-refractivity contribution in [1.82, 2.24) is 5.32 Å². The van der Waals surface area contributed by atoms with Crippen molar-refractivity contribution < 1.29 is 23.8 Å². The van der Waals surface area contributed by atoms with Gasteiger partial charge >= 0.3 is 5.97 Å². The molecular formula is C19H24FNO4. The fourth-order valence-electron chi connectivity index (χ4n) is 4.07. The summed E-state index contributed by atoms with van der Waals surface area (Å²) in [6.45, 7) is 2.07. The molecule has 136 valence electrons. The molecule has 25 heavy (non-hydrogen) atoms. The molecule has 0 heterocycles.